The molecule has 118 valence electrons. The number of unbranched alkanes of at least 4 members (excludes halogenated alkanes) is 1. The van der Waals surface area contributed by atoms with Gasteiger partial charge in [-0.1, -0.05) is 0 Å². The van der Waals surface area contributed by atoms with Crippen LogP contribution in [0.2, 0.25) is 0 Å². The predicted octanol–water partition coefficient (Wildman–Crippen LogP) is -2.59. The molecule has 0 rings (SSSR count). The Morgan fingerprint density at radius 2 is 1.60 bits per heavy atom. The number of nitrogens with two attached hydrogens (primary N) is 4. The minimum Gasteiger partial charge on any atom is -0.480 e. The molecule has 0 amide bonds. The second-order valence-corrected chi connectivity index (χ2v) is 3.96. The van der Waals surface area contributed by atoms with Crippen molar-refractivity contribution in [2.75, 3.05) is 13.1 Å². The largest absolute Gasteiger partial charge is 0.480 e. The molecule has 0 saturated heterocycles. The first-order valence-electron chi connectivity index (χ1n) is 5.97. The first kappa shape index (κ1) is 20.4. The van der Waals surface area contributed by atoms with Crippen molar-refractivity contribution >= 4 is 17.9 Å². The van der Waals surface area contributed by atoms with Gasteiger partial charge < -0.3 is 38.5 Å². The lowest BCUT2D eigenvalue weighted by molar-refractivity contribution is -0.139. The molecule has 0 aromatic rings. The Balaban J connectivity index is 0. The van der Waals surface area contributed by atoms with Crippen LogP contribution in [0.25, 0.3) is 0 Å². The van der Waals surface area contributed by atoms with Gasteiger partial charge in [0.1, 0.15) is 12.1 Å². The predicted molar refractivity (Wildman–Crippen MR) is 74.0 cm³/mol. The Hall–Kier alpha value is -1.91. The number of carbonyl (C=O) groups is 2. The van der Waals surface area contributed by atoms with Crippen LogP contribution in [0.15, 0.2) is 0 Å². The van der Waals surface area contributed by atoms with Gasteiger partial charge in [-0.2, -0.15) is 0 Å². The summed E-state index contributed by atoms with van der Waals surface area (Å²) in [5.41, 5.74) is 20.1. The molecule has 1 unspecified atom stereocenters. The van der Waals surface area contributed by atoms with Gasteiger partial charge in [0.25, 0.3) is 0 Å². The average Bonchev–Trinajstić information content (AvgIpc) is 2.37. The molecular weight excluding hydrogens is 268 g/mol. The highest BCUT2D eigenvalue weighted by atomic mass is 16.4. The van der Waals surface area contributed by atoms with Gasteiger partial charge in [-0.3, -0.25) is 15.0 Å². The number of guanidine groups is 1. The van der Waals surface area contributed by atoms with Crippen LogP contribution in [-0.2, 0) is 9.59 Å². The molecule has 0 fully saturated rings. The zero-order valence-electron chi connectivity index (χ0n) is 11.2. The van der Waals surface area contributed by atoms with Gasteiger partial charge in [0.15, 0.2) is 5.96 Å². The Morgan fingerprint density at radius 1 is 1.10 bits per heavy atom. The molecule has 0 aliphatic carbocycles. The normalized spacial score (nSPS) is 12.6. The monoisotopic (exact) mass is 292 g/mol. The third-order valence-corrected chi connectivity index (χ3v) is 2.15. The van der Waals surface area contributed by atoms with Gasteiger partial charge in [0.05, 0.1) is 0 Å². The standard InChI is InChI=1S/C7H16N4O2.C3H8N2O2/c8-5(6(12)13)3-1-2-4-11-7(9)10;4-1-2(5)3(6)7/h5H,1-4,8H2,(H,12,13)(H4,9,10,11);2H,1,4-5H2,(H,6,7)/t5-;/m0./s1. The summed E-state index contributed by atoms with van der Waals surface area (Å²) in [6, 6.07) is -1.68. The van der Waals surface area contributed by atoms with E-state index in [9.17, 15) is 9.59 Å². The van der Waals surface area contributed by atoms with Gasteiger partial charge >= 0.3 is 11.9 Å². The molecule has 12 N–H and O–H groups in total. The van der Waals surface area contributed by atoms with Crippen molar-refractivity contribution < 1.29 is 19.8 Å². The lowest BCUT2D eigenvalue weighted by Crippen LogP contribution is -2.37. The molecule has 0 saturated carbocycles. The summed E-state index contributed by atoms with van der Waals surface area (Å²) in [7, 11) is 0. The van der Waals surface area contributed by atoms with E-state index >= 15 is 0 Å². The average molecular weight is 292 g/mol. The van der Waals surface area contributed by atoms with Gasteiger partial charge in [-0.05, 0) is 19.3 Å². The summed E-state index contributed by atoms with van der Waals surface area (Å²) >= 11 is 0. The summed E-state index contributed by atoms with van der Waals surface area (Å²) in [6.07, 6.45) is 1.93. The van der Waals surface area contributed by atoms with Crippen molar-refractivity contribution in [3.63, 3.8) is 0 Å². The lowest BCUT2D eigenvalue weighted by Gasteiger charge is -2.06. The maximum Gasteiger partial charge on any atom is 0.321 e. The minimum absolute atomic E-state index is 0.00463. The Bertz CT molecular complexity index is 312. The smallest absolute Gasteiger partial charge is 0.321 e. The SMILES string of the molecule is N=C(N)NCCCC[C@H](N)C(=O)O.NCC(N)C(=O)O. The van der Waals surface area contributed by atoms with Crippen molar-refractivity contribution in [2.24, 2.45) is 22.9 Å². The summed E-state index contributed by atoms with van der Waals surface area (Å²) in [6.45, 7) is 0.580. The summed E-state index contributed by atoms with van der Waals surface area (Å²) in [5, 5.41) is 25.9. The van der Waals surface area contributed by atoms with E-state index < -0.39 is 24.0 Å². The van der Waals surface area contributed by atoms with Crippen molar-refractivity contribution in [1.82, 2.24) is 5.32 Å². The molecular formula is C10H24N6O4. The van der Waals surface area contributed by atoms with Crippen molar-refractivity contribution in [1.29, 1.82) is 5.41 Å². The van der Waals surface area contributed by atoms with Gasteiger partial charge in [-0.15, -0.1) is 0 Å². The molecule has 0 bridgehead atoms. The fourth-order valence-electron chi connectivity index (χ4n) is 0.937. The molecule has 0 radical (unpaired) electrons. The molecule has 0 spiro atoms. The highest BCUT2D eigenvalue weighted by molar-refractivity contribution is 5.74. The van der Waals surface area contributed by atoms with E-state index in [0.29, 0.717) is 19.4 Å². The van der Waals surface area contributed by atoms with E-state index in [-0.39, 0.29) is 12.5 Å². The maximum absolute atomic E-state index is 10.3. The number of rotatable bonds is 8. The van der Waals surface area contributed by atoms with E-state index in [1.54, 1.807) is 0 Å². The summed E-state index contributed by atoms with van der Waals surface area (Å²) in [5.74, 6) is -2.09. The van der Waals surface area contributed by atoms with Crippen LogP contribution in [0.3, 0.4) is 0 Å². The van der Waals surface area contributed by atoms with Crippen molar-refractivity contribution in [3.05, 3.63) is 0 Å². The number of aliphatic carboxylic acids is 2. The number of nitrogens with one attached hydrogen (secondary N) is 2. The summed E-state index contributed by atoms with van der Waals surface area (Å²) < 4.78 is 0. The van der Waals surface area contributed by atoms with Crippen LogP contribution in [-0.4, -0.2) is 53.3 Å². The van der Waals surface area contributed by atoms with Crippen molar-refractivity contribution in [3.8, 4) is 0 Å². The number of carboxylic acid groups (broad SMARTS) is 2. The quantitative estimate of drug-likeness (QED) is 0.133. The summed E-state index contributed by atoms with van der Waals surface area (Å²) in [4.78, 5) is 20.0. The molecule has 0 aromatic carbocycles. The van der Waals surface area contributed by atoms with Crippen LogP contribution < -0.4 is 28.3 Å². The molecule has 0 aliphatic rings. The molecule has 0 aromatic heterocycles. The second kappa shape index (κ2) is 12.1. The second-order valence-electron chi connectivity index (χ2n) is 3.96. The molecule has 10 nitrogen and oxygen atoms in total. The maximum atomic E-state index is 10.3. The molecule has 0 heterocycles. The van der Waals surface area contributed by atoms with E-state index in [4.69, 9.17) is 38.6 Å². The number of hydrogen-bond acceptors (Lipinski definition) is 6. The zero-order chi connectivity index (χ0) is 16.1. The Labute approximate surface area is 117 Å². The third kappa shape index (κ3) is 14.2. The minimum atomic E-state index is -1.05. The van der Waals surface area contributed by atoms with E-state index in [2.05, 4.69) is 5.32 Å². The van der Waals surface area contributed by atoms with Crippen LogP contribution in [0.1, 0.15) is 19.3 Å². The number of carboxylic acids is 2. The zero-order valence-corrected chi connectivity index (χ0v) is 11.2. The number of hydrogen-bond donors (Lipinski definition) is 8. The topological polar surface area (TPSA) is 215 Å². The fourth-order valence-corrected chi connectivity index (χ4v) is 0.937. The van der Waals surface area contributed by atoms with E-state index in [1.807, 2.05) is 0 Å². The van der Waals surface area contributed by atoms with E-state index in [0.717, 1.165) is 6.42 Å². The lowest BCUT2D eigenvalue weighted by atomic mass is 10.1. The van der Waals surface area contributed by atoms with Gasteiger partial charge in [-0.25, -0.2) is 0 Å². The first-order chi connectivity index (χ1) is 9.22. The van der Waals surface area contributed by atoms with E-state index in [1.165, 1.54) is 0 Å². The Morgan fingerprint density at radius 3 is 1.90 bits per heavy atom. The van der Waals surface area contributed by atoms with Crippen LogP contribution in [0.4, 0.5) is 0 Å². The Kier molecular flexibility index (Phi) is 12.4. The third-order valence-electron chi connectivity index (χ3n) is 2.15. The van der Waals surface area contributed by atoms with Crippen molar-refractivity contribution in [2.45, 2.75) is 31.3 Å². The molecule has 10 heteroatoms. The highest BCUT2D eigenvalue weighted by Crippen LogP contribution is 1.97. The van der Waals surface area contributed by atoms with Crippen LogP contribution >= 0.6 is 0 Å². The van der Waals surface area contributed by atoms with Crippen LogP contribution in [0, 0.1) is 5.41 Å². The fraction of sp³-hybridized carbons (Fsp3) is 0.700. The highest BCUT2D eigenvalue weighted by Gasteiger charge is 2.09. The first-order valence-corrected chi connectivity index (χ1v) is 5.97. The molecule has 0 aliphatic heterocycles. The molecule has 20 heavy (non-hydrogen) atoms. The van der Waals surface area contributed by atoms with Gasteiger partial charge in [0.2, 0.25) is 0 Å². The van der Waals surface area contributed by atoms with Crippen LogP contribution in [0.5, 0.6) is 0 Å². The molecule has 2 atom stereocenters. The van der Waals surface area contributed by atoms with Gasteiger partial charge in [0, 0.05) is 13.1 Å².